The summed E-state index contributed by atoms with van der Waals surface area (Å²) in [6.45, 7) is -3.10. The average Bonchev–Trinajstić information content (AvgIpc) is 2.27. The van der Waals surface area contributed by atoms with Gasteiger partial charge in [-0.25, -0.2) is 0 Å². The zero-order valence-electron chi connectivity index (χ0n) is 13.3. The predicted octanol–water partition coefficient (Wildman–Crippen LogP) is 3.04. The Labute approximate surface area is 100 Å². The van der Waals surface area contributed by atoms with Crippen LogP contribution in [-0.4, -0.2) is 12.5 Å². The molecule has 1 rings (SSSR count). The first-order valence-electron chi connectivity index (χ1n) is 7.08. The Bertz CT molecular complexity index is 366. The lowest BCUT2D eigenvalue weighted by Gasteiger charge is -2.15. The molecule has 14 heavy (non-hydrogen) atoms. The Hall–Kier alpha value is -0.530. The second kappa shape index (κ2) is 7.84. The van der Waals surface area contributed by atoms with Gasteiger partial charge in [-0.2, -0.15) is 0 Å². The van der Waals surface area contributed by atoms with Gasteiger partial charge in [0.15, 0.2) is 0 Å². The zero-order chi connectivity index (χ0) is 13.8. The first-order chi connectivity index (χ1) is 8.26. The normalized spacial score (nSPS) is 19.1. The number of hydrogen-bond acceptors (Lipinski definition) is 1. The molecule has 1 atom stereocenters. The lowest BCUT2D eigenvalue weighted by Crippen LogP contribution is -2.30. The van der Waals surface area contributed by atoms with Crippen LogP contribution >= 0.6 is 12.4 Å². The van der Waals surface area contributed by atoms with Crippen molar-refractivity contribution in [2.24, 2.45) is 0 Å². The molecule has 1 aromatic carbocycles. The second-order valence-electron chi connectivity index (χ2n) is 3.06. The molecule has 0 aromatic heterocycles. The van der Waals surface area contributed by atoms with Crippen LogP contribution in [0.25, 0.3) is 0 Å². The standard InChI is InChI=1S/C12H19N.ClH/c1-3-12(13-4-2)10-11-8-6-5-7-9-11;/h5-9,12-13H,3-4,10H2,1-2H3;1H/i2D3,4D2;. The minimum atomic E-state index is -2.66. The van der Waals surface area contributed by atoms with Gasteiger partial charge in [0.05, 0.1) is 0 Å². The van der Waals surface area contributed by atoms with Crippen LogP contribution in [0.3, 0.4) is 0 Å². The Balaban J connectivity index is 0.00000324. The number of nitrogens with one attached hydrogen (secondary N) is 1. The van der Waals surface area contributed by atoms with E-state index in [2.05, 4.69) is 5.32 Å². The molecule has 1 unspecified atom stereocenters. The topological polar surface area (TPSA) is 12.0 Å². The fraction of sp³-hybridized carbons (Fsp3) is 0.500. The van der Waals surface area contributed by atoms with Crippen molar-refractivity contribution in [3.8, 4) is 0 Å². The van der Waals surface area contributed by atoms with Gasteiger partial charge < -0.3 is 5.32 Å². The molecule has 0 bridgehead atoms. The monoisotopic (exact) mass is 218 g/mol. The highest BCUT2D eigenvalue weighted by Gasteiger charge is 2.04. The molecule has 0 saturated carbocycles. The molecule has 0 radical (unpaired) electrons. The average molecular weight is 219 g/mol. The molecule has 0 amide bonds. The maximum atomic E-state index is 7.57. The Morgan fingerprint density at radius 2 is 2.14 bits per heavy atom. The summed E-state index contributed by atoms with van der Waals surface area (Å²) in [7, 11) is 0. The van der Waals surface area contributed by atoms with Gasteiger partial charge in [0, 0.05) is 12.9 Å². The fourth-order valence-corrected chi connectivity index (χ4v) is 1.30. The molecule has 80 valence electrons. The van der Waals surface area contributed by atoms with Crippen molar-refractivity contribution in [3.63, 3.8) is 0 Å². The summed E-state index contributed by atoms with van der Waals surface area (Å²) in [5.41, 5.74) is 1.07. The molecule has 1 aromatic rings. The van der Waals surface area contributed by atoms with Crippen LogP contribution < -0.4 is 5.32 Å². The van der Waals surface area contributed by atoms with E-state index in [-0.39, 0.29) is 18.4 Å². The van der Waals surface area contributed by atoms with Gasteiger partial charge in [-0.15, -0.1) is 12.4 Å². The smallest absolute Gasteiger partial charge is 0.0425 e. The van der Waals surface area contributed by atoms with Crippen LogP contribution in [0.15, 0.2) is 30.3 Å². The predicted molar refractivity (Wildman–Crippen MR) is 65.1 cm³/mol. The van der Waals surface area contributed by atoms with Gasteiger partial charge in [-0.3, -0.25) is 0 Å². The van der Waals surface area contributed by atoms with Crippen molar-refractivity contribution in [2.75, 3.05) is 6.50 Å². The van der Waals surface area contributed by atoms with Gasteiger partial charge in [0.25, 0.3) is 0 Å². The van der Waals surface area contributed by atoms with Crippen LogP contribution in [0, 0.1) is 0 Å². The van der Waals surface area contributed by atoms with E-state index in [1.807, 2.05) is 37.3 Å². The number of likely N-dealkylation sites (N-methyl/N-ethyl adjacent to an activating group) is 1. The fourth-order valence-electron chi connectivity index (χ4n) is 1.30. The minimum Gasteiger partial charge on any atom is -0.314 e. The molecular weight excluding hydrogens is 194 g/mol. The molecule has 0 aliphatic carbocycles. The van der Waals surface area contributed by atoms with E-state index in [4.69, 9.17) is 6.85 Å². The van der Waals surface area contributed by atoms with E-state index < -0.39 is 13.3 Å². The largest absolute Gasteiger partial charge is 0.314 e. The van der Waals surface area contributed by atoms with Crippen LogP contribution in [-0.2, 0) is 6.42 Å². The van der Waals surface area contributed by atoms with Gasteiger partial charge in [-0.05, 0) is 24.9 Å². The molecule has 0 fully saturated rings. The minimum absolute atomic E-state index is 0. The van der Waals surface area contributed by atoms with Crippen molar-refractivity contribution in [1.82, 2.24) is 5.32 Å². The Morgan fingerprint density at radius 1 is 1.43 bits per heavy atom. The van der Waals surface area contributed by atoms with Gasteiger partial charge in [-0.1, -0.05) is 44.1 Å². The van der Waals surface area contributed by atoms with E-state index in [1.165, 1.54) is 0 Å². The van der Waals surface area contributed by atoms with Crippen molar-refractivity contribution in [2.45, 2.75) is 32.7 Å². The molecule has 1 N–H and O–H groups in total. The summed E-state index contributed by atoms with van der Waals surface area (Å²) >= 11 is 0. The van der Waals surface area contributed by atoms with Crippen LogP contribution in [0.4, 0.5) is 0 Å². The maximum Gasteiger partial charge on any atom is 0.0425 e. The number of halogens is 1. The van der Waals surface area contributed by atoms with E-state index in [0.29, 0.717) is 12.8 Å². The quantitative estimate of drug-likeness (QED) is 0.801. The lowest BCUT2D eigenvalue weighted by atomic mass is 10.0. The number of rotatable bonds is 5. The summed E-state index contributed by atoms with van der Waals surface area (Å²) in [6, 6.07) is 9.47. The van der Waals surface area contributed by atoms with E-state index in [0.717, 1.165) is 5.56 Å². The molecule has 0 saturated heterocycles. The first-order valence-corrected chi connectivity index (χ1v) is 4.58. The zero-order valence-corrected chi connectivity index (χ0v) is 9.10. The molecule has 0 spiro atoms. The second-order valence-corrected chi connectivity index (χ2v) is 3.06. The third-order valence-corrected chi connectivity index (χ3v) is 2.09. The lowest BCUT2D eigenvalue weighted by molar-refractivity contribution is 0.510. The third-order valence-electron chi connectivity index (χ3n) is 2.09. The van der Waals surface area contributed by atoms with Crippen LogP contribution in [0.2, 0.25) is 0 Å². The molecular formula is C12H20ClN. The summed E-state index contributed by atoms with van der Waals surface area (Å²) < 4.78 is 36.7. The molecule has 0 aliphatic heterocycles. The van der Waals surface area contributed by atoms with Crippen molar-refractivity contribution >= 4 is 12.4 Å². The van der Waals surface area contributed by atoms with Crippen molar-refractivity contribution < 1.29 is 6.85 Å². The van der Waals surface area contributed by atoms with Crippen molar-refractivity contribution in [1.29, 1.82) is 0 Å². The summed E-state index contributed by atoms with van der Waals surface area (Å²) in [5.74, 6) is 0. The van der Waals surface area contributed by atoms with Crippen LogP contribution in [0.5, 0.6) is 0 Å². The molecule has 1 nitrogen and oxygen atoms in total. The molecule has 0 aliphatic rings. The summed E-state index contributed by atoms with van der Waals surface area (Å²) in [4.78, 5) is 0. The molecule has 2 heteroatoms. The van der Waals surface area contributed by atoms with E-state index in [1.54, 1.807) is 0 Å². The SMILES string of the molecule is Cl.[2H]C([2H])([2H])C([2H])([2H])NC(CC)Cc1ccccc1. The number of benzene rings is 1. The highest BCUT2D eigenvalue weighted by Crippen LogP contribution is 2.04. The highest BCUT2D eigenvalue weighted by atomic mass is 35.5. The molecule has 0 heterocycles. The van der Waals surface area contributed by atoms with Gasteiger partial charge in [0.2, 0.25) is 0 Å². The first kappa shape index (κ1) is 6.86. The highest BCUT2D eigenvalue weighted by molar-refractivity contribution is 5.85. The summed E-state index contributed by atoms with van der Waals surface area (Å²) in [6.07, 6.45) is 1.29. The Kier molecular flexibility index (Phi) is 3.84. The summed E-state index contributed by atoms with van der Waals surface area (Å²) in [5, 5.41) is 2.60. The van der Waals surface area contributed by atoms with Gasteiger partial charge >= 0.3 is 0 Å². The maximum absolute atomic E-state index is 7.57. The van der Waals surface area contributed by atoms with Crippen molar-refractivity contribution in [3.05, 3.63) is 35.9 Å². The number of hydrogen-bond donors (Lipinski definition) is 1. The van der Waals surface area contributed by atoms with Crippen LogP contribution in [0.1, 0.15) is 32.6 Å². The van der Waals surface area contributed by atoms with Gasteiger partial charge in [0.1, 0.15) is 0 Å². The Morgan fingerprint density at radius 3 is 2.71 bits per heavy atom. The van der Waals surface area contributed by atoms with E-state index >= 15 is 0 Å². The van der Waals surface area contributed by atoms with E-state index in [9.17, 15) is 0 Å². The third kappa shape index (κ3) is 4.64.